The second kappa shape index (κ2) is 5.91. The largest absolute Gasteiger partial charge is 0.489 e. The minimum Gasteiger partial charge on any atom is -0.489 e. The van der Waals surface area contributed by atoms with Crippen LogP contribution in [0.1, 0.15) is 15.9 Å². The summed E-state index contributed by atoms with van der Waals surface area (Å²) in [5.41, 5.74) is 7.71. The van der Waals surface area contributed by atoms with Crippen molar-refractivity contribution >= 4 is 11.7 Å². The van der Waals surface area contributed by atoms with Crippen LogP contribution < -0.4 is 10.5 Å². The van der Waals surface area contributed by atoms with Gasteiger partial charge in [-0.2, -0.15) is 0 Å². The van der Waals surface area contributed by atoms with E-state index >= 15 is 0 Å². The van der Waals surface area contributed by atoms with E-state index in [1.165, 1.54) is 7.11 Å². The molecule has 2 rings (SSSR count). The van der Waals surface area contributed by atoms with Crippen LogP contribution in [0.25, 0.3) is 0 Å². The van der Waals surface area contributed by atoms with Gasteiger partial charge in [-0.15, -0.1) is 0 Å². The Morgan fingerprint density at radius 3 is 2.58 bits per heavy atom. The molecule has 0 radical (unpaired) electrons. The van der Waals surface area contributed by atoms with Crippen molar-refractivity contribution in [1.82, 2.24) is 0 Å². The van der Waals surface area contributed by atoms with E-state index in [-0.39, 0.29) is 5.97 Å². The molecule has 0 aliphatic carbocycles. The number of carbonyl (C=O) groups is 1. The standard InChI is InChI=1S/C15H15NO3/c1-18-15(17)12-4-2-3-11(9-12)10-19-14-7-5-13(16)6-8-14/h2-9H,10,16H2,1H3. The Hall–Kier alpha value is -2.49. The van der Waals surface area contributed by atoms with Gasteiger partial charge in [0.05, 0.1) is 12.7 Å². The predicted molar refractivity (Wildman–Crippen MR) is 73.0 cm³/mol. The van der Waals surface area contributed by atoms with Gasteiger partial charge in [-0.25, -0.2) is 4.79 Å². The van der Waals surface area contributed by atoms with E-state index < -0.39 is 0 Å². The molecule has 4 nitrogen and oxygen atoms in total. The lowest BCUT2D eigenvalue weighted by molar-refractivity contribution is 0.0600. The first-order chi connectivity index (χ1) is 9.19. The molecule has 0 spiro atoms. The smallest absolute Gasteiger partial charge is 0.337 e. The van der Waals surface area contributed by atoms with Crippen molar-refractivity contribution in [2.45, 2.75) is 6.61 Å². The first-order valence-electron chi connectivity index (χ1n) is 5.84. The summed E-state index contributed by atoms with van der Waals surface area (Å²) >= 11 is 0. The third-order valence-electron chi connectivity index (χ3n) is 2.63. The highest BCUT2D eigenvalue weighted by atomic mass is 16.5. The van der Waals surface area contributed by atoms with E-state index in [1.54, 1.807) is 42.5 Å². The van der Waals surface area contributed by atoms with Gasteiger partial charge in [0.1, 0.15) is 12.4 Å². The van der Waals surface area contributed by atoms with Crippen LogP contribution >= 0.6 is 0 Å². The molecule has 0 aliphatic heterocycles. The minimum absolute atomic E-state index is 0.352. The van der Waals surface area contributed by atoms with Gasteiger partial charge in [-0.1, -0.05) is 12.1 Å². The molecule has 2 aromatic rings. The summed E-state index contributed by atoms with van der Waals surface area (Å²) in [5.74, 6) is 0.381. The van der Waals surface area contributed by atoms with Crippen molar-refractivity contribution in [3.63, 3.8) is 0 Å². The molecule has 4 heteroatoms. The summed E-state index contributed by atoms with van der Waals surface area (Å²) in [5, 5.41) is 0. The highest BCUT2D eigenvalue weighted by Gasteiger charge is 2.05. The van der Waals surface area contributed by atoms with Gasteiger partial charge >= 0.3 is 5.97 Å². The summed E-state index contributed by atoms with van der Waals surface area (Å²) in [6, 6.07) is 14.3. The third-order valence-corrected chi connectivity index (χ3v) is 2.63. The quantitative estimate of drug-likeness (QED) is 0.675. The minimum atomic E-state index is -0.352. The van der Waals surface area contributed by atoms with Crippen molar-refractivity contribution in [1.29, 1.82) is 0 Å². The molecule has 0 bridgehead atoms. The fourth-order valence-corrected chi connectivity index (χ4v) is 1.64. The lowest BCUT2D eigenvalue weighted by Crippen LogP contribution is -2.03. The summed E-state index contributed by atoms with van der Waals surface area (Å²) < 4.78 is 10.3. The number of ether oxygens (including phenoxy) is 2. The van der Waals surface area contributed by atoms with Crippen LogP contribution in [0.5, 0.6) is 5.75 Å². The molecule has 2 N–H and O–H groups in total. The summed E-state index contributed by atoms with van der Waals surface area (Å²) in [6.45, 7) is 0.384. The molecule has 0 atom stereocenters. The van der Waals surface area contributed by atoms with Crippen LogP contribution in [0.3, 0.4) is 0 Å². The number of nitrogen functional groups attached to an aromatic ring is 1. The zero-order chi connectivity index (χ0) is 13.7. The van der Waals surface area contributed by atoms with Crippen LogP contribution in [0.15, 0.2) is 48.5 Å². The normalized spacial score (nSPS) is 9.95. The van der Waals surface area contributed by atoms with Gasteiger partial charge in [0, 0.05) is 5.69 Å². The van der Waals surface area contributed by atoms with Crippen molar-refractivity contribution in [3.8, 4) is 5.75 Å². The maximum absolute atomic E-state index is 11.4. The number of nitrogens with two attached hydrogens (primary N) is 1. The number of rotatable bonds is 4. The molecule has 2 aromatic carbocycles. The highest BCUT2D eigenvalue weighted by molar-refractivity contribution is 5.89. The van der Waals surface area contributed by atoms with Gasteiger partial charge in [-0.05, 0) is 42.0 Å². The zero-order valence-electron chi connectivity index (χ0n) is 10.6. The molecule has 98 valence electrons. The van der Waals surface area contributed by atoms with E-state index in [9.17, 15) is 4.79 Å². The maximum atomic E-state index is 11.4. The molecular formula is C15H15NO3. The second-order valence-corrected chi connectivity index (χ2v) is 4.05. The van der Waals surface area contributed by atoms with E-state index in [4.69, 9.17) is 10.5 Å². The Labute approximate surface area is 111 Å². The number of esters is 1. The third kappa shape index (κ3) is 3.48. The van der Waals surface area contributed by atoms with E-state index in [0.717, 1.165) is 11.3 Å². The topological polar surface area (TPSA) is 61.5 Å². The Morgan fingerprint density at radius 2 is 1.89 bits per heavy atom. The highest BCUT2D eigenvalue weighted by Crippen LogP contribution is 2.15. The molecule has 0 saturated carbocycles. The number of carbonyl (C=O) groups excluding carboxylic acids is 1. The van der Waals surface area contributed by atoms with Crippen molar-refractivity contribution < 1.29 is 14.3 Å². The second-order valence-electron chi connectivity index (χ2n) is 4.05. The zero-order valence-corrected chi connectivity index (χ0v) is 10.6. The molecule has 0 unspecified atom stereocenters. The van der Waals surface area contributed by atoms with Crippen LogP contribution in [0.4, 0.5) is 5.69 Å². The molecule has 0 aliphatic rings. The Kier molecular flexibility index (Phi) is 4.03. The Morgan fingerprint density at radius 1 is 1.16 bits per heavy atom. The van der Waals surface area contributed by atoms with Gasteiger partial charge in [-0.3, -0.25) is 0 Å². The van der Waals surface area contributed by atoms with E-state index in [2.05, 4.69) is 4.74 Å². The SMILES string of the molecule is COC(=O)c1cccc(COc2ccc(N)cc2)c1. The number of anilines is 1. The Bertz CT molecular complexity index is 564. The number of benzene rings is 2. The molecule has 0 aromatic heterocycles. The summed E-state index contributed by atoms with van der Waals surface area (Å²) in [4.78, 5) is 11.4. The van der Waals surface area contributed by atoms with Gasteiger partial charge in [0.15, 0.2) is 0 Å². The molecule has 0 fully saturated rings. The summed E-state index contributed by atoms with van der Waals surface area (Å²) in [7, 11) is 1.36. The fraction of sp³-hybridized carbons (Fsp3) is 0.133. The molecule has 0 heterocycles. The first-order valence-corrected chi connectivity index (χ1v) is 5.84. The lowest BCUT2D eigenvalue weighted by atomic mass is 10.1. The van der Waals surface area contributed by atoms with E-state index in [1.807, 2.05) is 6.07 Å². The number of hydrogen-bond acceptors (Lipinski definition) is 4. The molecule has 0 amide bonds. The van der Waals surface area contributed by atoms with Crippen molar-refractivity contribution in [2.75, 3.05) is 12.8 Å². The lowest BCUT2D eigenvalue weighted by Gasteiger charge is -2.07. The summed E-state index contributed by atoms with van der Waals surface area (Å²) in [6.07, 6.45) is 0. The molecular weight excluding hydrogens is 242 g/mol. The van der Waals surface area contributed by atoms with Gasteiger partial charge in [0.25, 0.3) is 0 Å². The van der Waals surface area contributed by atoms with Crippen LogP contribution in [-0.4, -0.2) is 13.1 Å². The fourth-order valence-electron chi connectivity index (χ4n) is 1.64. The van der Waals surface area contributed by atoms with Crippen LogP contribution in [0.2, 0.25) is 0 Å². The number of hydrogen-bond donors (Lipinski definition) is 1. The Balaban J connectivity index is 2.03. The van der Waals surface area contributed by atoms with Crippen molar-refractivity contribution in [2.24, 2.45) is 0 Å². The predicted octanol–water partition coefficient (Wildman–Crippen LogP) is 2.63. The first kappa shape index (κ1) is 13.0. The molecule has 19 heavy (non-hydrogen) atoms. The van der Waals surface area contributed by atoms with E-state index in [0.29, 0.717) is 17.9 Å². The average Bonchev–Trinajstić information content (AvgIpc) is 2.46. The van der Waals surface area contributed by atoms with Crippen LogP contribution in [-0.2, 0) is 11.3 Å². The van der Waals surface area contributed by atoms with Crippen molar-refractivity contribution in [3.05, 3.63) is 59.7 Å². The average molecular weight is 257 g/mol. The molecule has 0 saturated heterocycles. The van der Waals surface area contributed by atoms with Gasteiger partial charge < -0.3 is 15.2 Å². The van der Waals surface area contributed by atoms with Gasteiger partial charge in [0.2, 0.25) is 0 Å². The number of methoxy groups -OCH3 is 1. The monoisotopic (exact) mass is 257 g/mol. The maximum Gasteiger partial charge on any atom is 0.337 e. The van der Waals surface area contributed by atoms with Crippen LogP contribution in [0, 0.1) is 0 Å².